The number of rotatable bonds is 5. The molecule has 29 heavy (non-hydrogen) atoms. The largest absolute Gasteiger partial charge is 0.354 e. The summed E-state index contributed by atoms with van der Waals surface area (Å²) in [4.78, 5) is 8.47. The predicted molar refractivity (Wildman–Crippen MR) is 124 cm³/mol. The number of aromatic nitrogens is 2. The summed E-state index contributed by atoms with van der Waals surface area (Å²) >= 11 is 0. The Bertz CT molecular complexity index is 1160. The van der Waals surface area contributed by atoms with Crippen molar-refractivity contribution in [1.29, 1.82) is 0 Å². The van der Waals surface area contributed by atoms with E-state index < -0.39 is 0 Å². The van der Waals surface area contributed by atoms with Gasteiger partial charge in [0.15, 0.2) is 0 Å². The normalized spacial score (nSPS) is 12.2. The van der Waals surface area contributed by atoms with Crippen molar-refractivity contribution in [3.05, 3.63) is 65.4 Å². The van der Waals surface area contributed by atoms with Crippen molar-refractivity contribution in [3.8, 4) is 11.3 Å². The topological polar surface area (TPSA) is 54.7 Å². The lowest BCUT2D eigenvalue weighted by Gasteiger charge is -2.19. The van der Waals surface area contributed by atoms with Crippen LogP contribution in [0.15, 0.2) is 48.5 Å². The van der Waals surface area contributed by atoms with Gasteiger partial charge in [-0.15, -0.1) is 0 Å². The maximum Gasteiger partial charge on any atom is 0.0711 e. The van der Waals surface area contributed by atoms with E-state index in [1.165, 1.54) is 38.7 Å². The molecule has 4 rings (SSSR count). The Kier molecular flexibility index (Phi) is 5.18. The molecule has 0 fully saturated rings. The molecule has 3 N–H and O–H groups in total. The summed E-state index contributed by atoms with van der Waals surface area (Å²) in [6.45, 7) is 9.60. The summed E-state index contributed by atoms with van der Waals surface area (Å²) < 4.78 is 0. The van der Waals surface area contributed by atoms with E-state index >= 15 is 0 Å². The van der Waals surface area contributed by atoms with Gasteiger partial charge in [-0.05, 0) is 73.5 Å². The van der Waals surface area contributed by atoms with Crippen LogP contribution in [0, 0.1) is 6.92 Å². The van der Waals surface area contributed by atoms with Crippen LogP contribution in [0.1, 0.15) is 50.4 Å². The molecule has 0 saturated carbocycles. The molecule has 0 aliphatic rings. The molecule has 0 atom stereocenters. The molecular weight excluding hydrogens is 354 g/mol. The number of aromatic amines is 1. The second-order valence-corrected chi connectivity index (χ2v) is 9.06. The zero-order valence-corrected chi connectivity index (χ0v) is 18.0. The Morgan fingerprint density at radius 2 is 1.79 bits per heavy atom. The lowest BCUT2D eigenvalue weighted by atomic mass is 9.86. The Hall–Kier alpha value is -2.65. The van der Waals surface area contributed by atoms with Crippen molar-refractivity contribution >= 4 is 21.8 Å². The number of nitrogens with two attached hydrogens (primary N) is 1. The highest BCUT2D eigenvalue weighted by Gasteiger charge is 2.19. The van der Waals surface area contributed by atoms with Crippen molar-refractivity contribution in [1.82, 2.24) is 9.97 Å². The zero-order valence-electron chi connectivity index (χ0n) is 18.0. The molecule has 0 aliphatic heterocycles. The van der Waals surface area contributed by atoms with Crippen molar-refractivity contribution in [2.24, 2.45) is 5.73 Å². The Balaban J connectivity index is 1.95. The van der Waals surface area contributed by atoms with Gasteiger partial charge in [-0.25, -0.2) is 0 Å². The van der Waals surface area contributed by atoms with Crippen LogP contribution in [-0.4, -0.2) is 16.5 Å². The zero-order chi connectivity index (χ0) is 20.6. The quantitative estimate of drug-likeness (QED) is 0.398. The van der Waals surface area contributed by atoms with E-state index in [2.05, 4.69) is 74.3 Å². The van der Waals surface area contributed by atoms with Crippen LogP contribution in [0.5, 0.6) is 0 Å². The van der Waals surface area contributed by atoms with E-state index in [4.69, 9.17) is 10.7 Å². The van der Waals surface area contributed by atoms with Crippen LogP contribution in [0.4, 0.5) is 0 Å². The number of nitrogens with zero attached hydrogens (tertiary/aromatic N) is 1. The minimum Gasteiger partial charge on any atom is -0.354 e. The van der Waals surface area contributed by atoms with Gasteiger partial charge in [0.25, 0.3) is 0 Å². The average molecular weight is 386 g/mol. The summed E-state index contributed by atoms with van der Waals surface area (Å²) in [5.74, 6) is 0. The van der Waals surface area contributed by atoms with Crippen molar-refractivity contribution in [2.75, 3.05) is 6.54 Å². The summed E-state index contributed by atoms with van der Waals surface area (Å²) in [5, 5.41) is 2.53. The number of aryl methyl sites for hydroxylation is 2. The fraction of sp³-hybridized carbons (Fsp3) is 0.346. The summed E-state index contributed by atoms with van der Waals surface area (Å²) in [5.41, 5.74) is 14.4. The van der Waals surface area contributed by atoms with E-state index in [9.17, 15) is 0 Å². The first-order valence-electron chi connectivity index (χ1n) is 10.6. The Labute approximate surface area is 173 Å². The Morgan fingerprint density at radius 3 is 2.55 bits per heavy atom. The SMILES string of the molecule is Cc1ccc2c(-c3[nH]c4ccc(C(C)(C)C)cc4c3CCCCN)cccc2n1. The highest BCUT2D eigenvalue weighted by molar-refractivity contribution is 5.99. The van der Waals surface area contributed by atoms with E-state index in [1.54, 1.807) is 0 Å². The molecular formula is C26H31N3. The van der Waals surface area contributed by atoms with Gasteiger partial charge in [-0.3, -0.25) is 4.98 Å². The van der Waals surface area contributed by atoms with E-state index in [0.29, 0.717) is 0 Å². The molecule has 4 aromatic rings. The second-order valence-electron chi connectivity index (χ2n) is 9.06. The summed E-state index contributed by atoms with van der Waals surface area (Å²) in [7, 11) is 0. The fourth-order valence-corrected chi connectivity index (χ4v) is 4.12. The van der Waals surface area contributed by atoms with E-state index in [0.717, 1.165) is 37.0 Å². The minimum absolute atomic E-state index is 0.126. The Morgan fingerprint density at radius 1 is 0.966 bits per heavy atom. The van der Waals surface area contributed by atoms with Gasteiger partial charge in [-0.2, -0.15) is 0 Å². The standard InChI is InChI=1S/C26H31N3/c1-17-11-13-19-20(9-7-10-23(19)28-17)25-21(8-5-6-15-27)22-16-18(26(2,3)4)12-14-24(22)29-25/h7,9-14,16,29H,5-6,8,15,27H2,1-4H3. The molecule has 0 amide bonds. The fourth-order valence-electron chi connectivity index (χ4n) is 4.12. The van der Waals surface area contributed by atoms with Crippen molar-refractivity contribution in [2.45, 2.75) is 52.4 Å². The molecule has 3 heteroatoms. The first-order chi connectivity index (χ1) is 13.9. The average Bonchev–Trinajstić information content (AvgIpc) is 3.04. The third-order valence-corrected chi connectivity index (χ3v) is 5.79. The molecule has 0 saturated heterocycles. The molecule has 0 bridgehead atoms. The number of fused-ring (bicyclic) bond motifs is 2. The summed E-state index contributed by atoms with van der Waals surface area (Å²) in [6, 6.07) is 17.6. The van der Waals surface area contributed by atoms with Gasteiger partial charge in [0.05, 0.1) is 11.2 Å². The van der Waals surface area contributed by atoms with Crippen LogP contribution < -0.4 is 5.73 Å². The first kappa shape index (κ1) is 19.7. The van der Waals surface area contributed by atoms with Crippen LogP contribution in [0.25, 0.3) is 33.1 Å². The summed E-state index contributed by atoms with van der Waals surface area (Å²) in [6.07, 6.45) is 3.16. The number of unbranched alkanes of at least 4 members (excludes halogenated alkanes) is 1. The molecule has 0 radical (unpaired) electrons. The van der Waals surface area contributed by atoms with Crippen LogP contribution >= 0.6 is 0 Å². The van der Waals surface area contributed by atoms with Gasteiger partial charge in [0.2, 0.25) is 0 Å². The molecule has 2 aromatic heterocycles. The third-order valence-electron chi connectivity index (χ3n) is 5.79. The maximum absolute atomic E-state index is 5.78. The van der Waals surface area contributed by atoms with Gasteiger partial charge in [0.1, 0.15) is 0 Å². The lowest BCUT2D eigenvalue weighted by molar-refractivity contribution is 0.591. The minimum atomic E-state index is 0.126. The van der Waals surface area contributed by atoms with E-state index in [1.807, 2.05) is 6.92 Å². The number of pyridine rings is 1. The third kappa shape index (κ3) is 3.79. The molecule has 2 aromatic carbocycles. The number of hydrogen-bond acceptors (Lipinski definition) is 2. The molecule has 3 nitrogen and oxygen atoms in total. The van der Waals surface area contributed by atoms with Crippen LogP contribution in [0.3, 0.4) is 0 Å². The van der Waals surface area contributed by atoms with Gasteiger partial charge in [-0.1, -0.05) is 45.0 Å². The van der Waals surface area contributed by atoms with Crippen LogP contribution in [-0.2, 0) is 11.8 Å². The smallest absolute Gasteiger partial charge is 0.0711 e. The lowest BCUT2D eigenvalue weighted by Crippen LogP contribution is -2.10. The molecule has 2 heterocycles. The monoisotopic (exact) mass is 385 g/mol. The molecule has 0 aliphatic carbocycles. The van der Waals surface area contributed by atoms with Crippen LogP contribution in [0.2, 0.25) is 0 Å². The van der Waals surface area contributed by atoms with Crippen molar-refractivity contribution < 1.29 is 0 Å². The second kappa shape index (κ2) is 7.64. The van der Waals surface area contributed by atoms with Gasteiger partial charge < -0.3 is 10.7 Å². The number of hydrogen-bond donors (Lipinski definition) is 2. The van der Waals surface area contributed by atoms with Gasteiger partial charge >= 0.3 is 0 Å². The number of nitrogens with one attached hydrogen (secondary N) is 1. The highest BCUT2D eigenvalue weighted by Crippen LogP contribution is 2.37. The molecule has 150 valence electrons. The van der Waals surface area contributed by atoms with Gasteiger partial charge in [0, 0.05) is 27.5 Å². The van der Waals surface area contributed by atoms with E-state index in [-0.39, 0.29) is 5.41 Å². The number of H-pyrrole nitrogens is 1. The highest BCUT2D eigenvalue weighted by atomic mass is 14.7. The molecule has 0 spiro atoms. The predicted octanol–water partition coefficient (Wildman–Crippen LogP) is 6.27. The van der Waals surface area contributed by atoms with Crippen molar-refractivity contribution in [3.63, 3.8) is 0 Å². The first-order valence-corrected chi connectivity index (χ1v) is 10.6. The molecule has 0 unspecified atom stereocenters. The maximum atomic E-state index is 5.78. The number of benzene rings is 2.